The SMILES string of the molecule is [Mg+2].[NH-]c1ccccc1.[NH2-]. The van der Waals surface area contributed by atoms with E-state index in [-0.39, 0.29) is 29.2 Å². The first-order valence-electron chi connectivity index (χ1n) is 2.16. The molecule has 0 heterocycles. The summed E-state index contributed by atoms with van der Waals surface area (Å²) in [5.41, 5.74) is 7.57. The summed E-state index contributed by atoms with van der Waals surface area (Å²) in [4.78, 5) is 0. The van der Waals surface area contributed by atoms with Crippen LogP contribution in [0.4, 0.5) is 5.69 Å². The van der Waals surface area contributed by atoms with E-state index in [2.05, 4.69) is 0 Å². The zero-order valence-electron chi connectivity index (χ0n) is 5.17. The van der Waals surface area contributed by atoms with E-state index in [4.69, 9.17) is 5.73 Å². The summed E-state index contributed by atoms with van der Waals surface area (Å²) >= 11 is 0. The molecule has 0 fully saturated rings. The Kier molecular flexibility index (Phi) is 7.53. The van der Waals surface area contributed by atoms with Gasteiger partial charge < -0.3 is 11.9 Å². The van der Waals surface area contributed by atoms with Crippen LogP contribution in [-0.4, -0.2) is 23.1 Å². The van der Waals surface area contributed by atoms with Crippen LogP contribution in [0.3, 0.4) is 0 Å². The average Bonchev–Trinajstić information content (AvgIpc) is 1.69. The predicted molar refractivity (Wildman–Crippen MR) is 41.5 cm³/mol. The van der Waals surface area contributed by atoms with Gasteiger partial charge in [0.2, 0.25) is 0 Å². The predicted octanol–water partition coefficient (Wildman–Crippen LogP) is 2.71. The van der Waals surface area contributed by atoms with Gasteiger partial charge in [0.1, 0.15) is 0 Å². The molecule has 44 valence electrons. The van der Waals surface area contributed by atoms with Crippen LogP contribution in [0.1, 0.15) is 0 Å². The Balaban J connectivity index is 0. The number of benzene rings is 1. The van der Waals surface area contributed by atoms with Crippen molar-refractivity contribution < 1.29 is 0 Å². The van der Waals surface area contributed by atoms with Crippen molar-refractivity contribution in [1.82, 2.24) is 0 Å². The Hall–Kier alpha value is -0.254. The fourth-order valence-electron chi connectivity index (χ4n) is 0.438. The minimum Gasteiger partial charge on any atom is -0.699 e. The van der Waals surface area contributed by atoms with Crippen LogP contribution in [0.15, 0.2) is 30.3 Å². The van der Waals surface area contributed by atoms with Crippen LogP contribution in [0.5, 0.6) is 0 Å². The van der Waals surface area contributed by atoms with Gasteiger partial charge in [-0.05, 0) is 0 Å². The normalized spacial score (nSPS) is 6.67. The molecule has 0 atom stereocenters. The molecule has 0 saturated heterocycles. The van der Waals surface area contributed by atoms with Gasteiger partial charge in [-0.25, -0.2) is 0 Å². The van der Waals surface area contributed by atoms with Crippen LogP contribution >= 0.6 is 0 Å². The summed E-state index contributed by atoms with van der Waals surface area (Å²) in [6, 6.07) is 9.10. The van der Waals surface area contributed by atoms with E-state index in [9.17, 15) is 0 Å². The van der Waals surface area contributed by atoms with Crippen molar-refractivity contribution >= 4 is 28.7 Å². The second-order valence-electron chi connectivity index (χ2n) is 1.37. The molecule has 0 unspecified atom stereocenters. The van der Waals surface area contributed by atoms with E-state index >= 15 is 0 Å². The molecule has 0 saturated carbocycles. The molecule has 9 heavy (non-hydrogen) atoms. The third kappa shape index (κ3) is 4.26. The molecule has 0 aliphatic heterocycles. The first-order chi connectivity index (χ1) is 3.39. The van der Waals surface area contributed by atoms with E-state index in [0.29, 0.717) is 5.69 Å². The molecule has 0 aromatic heterocycles. The summed E-state index contributed by atoms with van der Waals surface area (Å²) in [7, 11) is 0. The van der Waals surface area contributed by atoms with E-state index < -0.39 is 0 Å². The van der Waals surface area contributed by atoms with E-state index in [1.165, 1.54) is 0 Å². The van der Waals surface area contributed by atoms with Gasteiger partial charge in [-0.15, -0.1) is 5.69 Å². The average molecular weight is 132 g/mol. The molecule has 0 radical (unpaired) electrons. The van der Waals surface area contributed by atoms with Crippen molar-refractivity contribution in [3.63, 3.8) is 0 Å². The number of nitrogens with one attached hydrogen (secondary N) is 1. The topological polar surface area (TPSA) is 57.3 Å². The van der Waals surface area contributed by atoms with Crippen LogP contribution in [0, 0.1) is 0 Å². The molecule has 1 aromatic carbocycles. The van der Waals surface area contributed by atoms with E-state index in [1.807, 2.05) is 18.2 Å². The van der Waals surface area contributed by atoms with Crippen molar-refractivity contribution in [2.45, 2.75) is 0 Å². The Labute approximate surface area is 71.2 Å². The van der Waals surface area contributed by atoms with Crippen molar-refractivity contribution in [3.8, 4) is 0 Å². The first kappa shape index (κ1) is 11.5. The zero-order chi connectivity index (χ0) is 5.11. The fourth-order valence-corrected chi connectivity index (χ4v) is 0.438. The van der Waals surface area contributed by atoms with Gasteiger partial charge in [0.15, 0.2) is 0 Å². The van der Waals surface area contributed by atoms with E-state index in [1.54, 1.807) is 12.1 Å². The molecule has 0 amide bonds. The summed E-state index contributed by atoms with van der Waals surface area (Å²) in [6.07, 6.45) is 0. The Morgan fingerprint density at radius 1 is 1.00 bits per heavy atom. The summed E-state index contributed by atoms with van der Waals surface area (Å²) < 4.78 is 0. The quantitative estimate of drug-likeness (QED) is 0.488. The van der Waals surface area contributed by atoms with Gasteiger partial charge in [0.05, 0.1) is 0 Å². The standard InChI is InChI=1S/C6H6N.Mg.H2N/c7-6-4-2-1-3-5-6;;/h1-5,7H;;1H2/q-1;+2;-1. The van der Waals surface area contributed by atoms with Crippen LogP contribution in [0.25, 0.3) is 11.9 Å². The maximum absolute atomic E-state index is 7.00. The van der Waals surface area contributed by atoms with Gasteiger partial charge in [-0.2, -0.15) is 0 Å². The molecular weight excluding hydrogens is 124 g/mol. The molecule has 0 aliphatic rings. The van der Waals surface area contributed by atoms with Crippen molar-refractivity contribution in [1.29, 1.82) is 0 Å². The van der Waals surface area contributed by atoms with Gasteiger partial charge in [-0.3, -0.25) is 0 Å². The second kappa shape index (κ2) is 5.88. The maximum atomic E-state index is 7.00. The number of hydrogen-bond acceptors (Lipinski definition) is 0. The summed E-state index contributed by atoms with van der Waals surface area (Å²) in [5, 5.41) is 0. The van der Waals surface area contributed by atoms with Crippen molar-refractivity contribution in [2.24, 2.45) is 0 Å². The smallest absolute Gasteiger partial charge is 0.699 e. The first-order valence-corrected chi connectivity index (χ1v) is 2.16. The van der Waals surface area contributed by atoms with Crippen molar-refractivity contribution in [2.75, 3.05) is 0 Å². The molecule has 2 nitrogen and oxygen atoms in total. The largest absolute Gasteiger partial charge is 2.00 e. The third-order valence-electron chi connectivity index (χ3n) is 0.774. The zero-order valence-corrected chi connectivity index (χ0v) is 6.59. The van der Waals surface area contributed by atoms with Gasteiger partial charge in [0, 0.05) is 0 Å². The van der Waals surface area contributed by atoms with Gasteiger partial charge in [0.25, 0.3) is 0 Å². The fraction of sp³-hybridized carbons (Fsp3) is 0. The van der Waals surface area contributed by atoms with Gasteiger partial charge >= 0.3 is 23.1 Å². The number of hydrogen-bond donors (Lipinski definition) is 0. The number of rotatable bonds is 0. The Bertz CT molecular complexity index is 141. The summed E-state index contributed by atoms with van der Waals surface area (Å²) in [5.74, 6) is 0. The molecule has 0 spiro atoms. The second-order valence-corrected chi connectivity index (χ2v) is 1.37. The van der Waals surface area contributed by atoms with Crippen molar-refractivity contribution in [3.05, 3.63) is 42.2 Å². The minimum atomic E-state index is 0. The summed E-state index contributed by atoms with van der Waals surface area (Å²) in [6.45, 7) is 0. The Morgan fingerprint density at radius 3 is 1.67 bits per heavy atom. The maximum Gasteiger partial charge on any atom is 2.00 e. The van der Waals surface area contributed by atoms with E-state index in [0.717, 1.165) is 0 Å². The molecule has 3 heteroatoms. The monoisotopic (exact) mass is 132 g/mol. The third-order valence-corrected chi connectivity index (χ3v) is 0.774. The molecular formula is C6H8MgN2. The van der Waals surface area contributed by atoms with Crippen LogP contribution < -0.4 is 0 Å². The molecule has 1 rings (SSSR count). The Morgan fingerprint density at radius 2 is 1.44 bits per heavy atom. The van der Waals surface area contributed by atoms with Crippen LogP contribution in [0.2, 0.25) is 0 Å². The molecule has 0 bridgehead atoms. The molecule has 0 aliphatic carbocycles. The molecule has 1 aromatic rings. The molecule has 3 N–H and O–H groups in total. The van der Waals surface area contributed by atoms with Gasteiger partial charge in [-0.1, -0.05) is 30.3 Å². The number of nitrogens with two attached hydrogens (primary N) is 1. The van der Waals surface area contributed by atoms with Crippen LogP contribution in [-0.2, 0) is 0 Å². The minimum absolute atomic E-state index is 0.